The fourth-order valence-corrected chi connectivity index (χ4v) is 2.14. The van der Waals surface area contributed by atoms with Crippen molar-refractivity contribution in [3.63, 3.8) is 0 Å². The molecule has 2 rings (SSSR count). The monoisotopic (exact) mass is 265 g/mol. The normalized spacial score (nSPS) is 12.6. The highest BCUT2D eigenvalue weighted by Gasteiger charge is 2.18. The lowest BCUT2D eigenvalue weighted by Crippen LogP contribution is -2.25. The molecule has 0 saturated carbocycles. The smallest absolute Gasteiger partial charge is 0.159 e. The van der Waals surface area contributed by atoms with Gasteiger partial charge in [0.2, 0.25) is 0 Å². The van der Waals surface area contributed by atoms with Gasteiger partial charge in [-0.25, -0.2) is 8.78 Å². The predicted octanol–water partition coefficient (Wildman–Crippen LogP) is 2.88. The molecule has 5 heteroatoms. The van der Waals surface area contributed by atoms with Gasteiger partial charge in [-0.15, -0.1) is 0 Å². The maximum Gasteiger partial charge on any atom is 0.159 e. The molecule has 0 aliphatic heterocycles. The minimum absolute atomic E-state index is 0.192. The first-order chi connectivity index (χ1) is 9.17. The summed E-state index contributed by atoms with van der Waals surface area (Å²) in [6, 6.07) is 5.68. The predicted molar refractivity (Wildman–Crippen MR) is 69.8 cm³/mol. The van der Waals surface area contributed by atoms with Gasteiger partial charge in [0.15, 0.2) is 11.6 Å². The van der Waals surface area contributed by atoms with Gasteiger partial charge in [-0.3, -0.25) is 4.68 Å². The molecule has 0 aliphatic rings. The second kappa shape index (κ2) is 5.93. The summed E-state index contributed by atoms with van der Waals surface area (Å²) in [5.74, 6) is -1.66. The number of aromatic nitrogens is 2. The van der Waals surface area contributed by atoms with Crippen LogP contribution in [-0.4, -0.2) is 16.3 Å². The van der Waals surface area contributed by atoms with Crippen LogP contribution in [0, 0.1) is 11.6 Å². The highest BCUT2D eigenvalue weighted by molar-refractivity contribution is 5.28. The summed E-state index contributed by atoms with van der Waals surface area (Å²) in [6.45, 7) is 5.41. The molecule has 0 amide bonds. The Morgan fingerprint density at radius 1 is 1.21 bits per heavy atom. The molecule has 102 valence electrons. The molecule has 0 saturated heterocycles. The van der Waals surface area contributed by atoms with Crippen LogP contribution in [0.4, 0.5) is 8.78 Å². The Bertz CT molecular complexity index is 551. The van der Waals surface area contributed by atoms with E-state index in [1.807, 2.05) is 24.6 Å². The summed E-state index contributed by atoms with van der Waals surface area (Å²) in [4.78, 5) is 0. The lowest BCUT2D eigenvalue weighted by Gasteiger charge is -2.19. The summed E-state index contributed by atoms with van der Waals surface area (Å²) in [6.07, 6.45) is 1.71. The highest BCUT2D eigenvalue weighted by atomic mass is 19.2. The van der Waals surface area contributed by atoms with Gasteiger partial charge in [0.1, 0.15) is 0 Å². The maximum atomic E-state index is 13.4. The zero-order valence-corrected chi connectivity index (χ0v) is 11.0. The molecule has 1 aromatic carbocycles. The van der Waals surface area contributed by atoms with Crippen molar-refractivity contribution in [2.45, 2.75) is 26.4 Å². The van der Waals surface area contributed by atoms with E-state index in [4.69, 9.17) is 0 Å². The average molecular weight is 265 g/mol. The summed E-state index contributed by atoms with van der Waals surface area (Å²) in [5, 5.41) is 7.48. The summed E-state index contributed by atoms with van der Waals surface area (Å²) in [5.41, 5.74) is 1.63. The van der Waals surface area contributed by atoms with Crippen LogP contribution in [0.25, 0.3) is 0 Å². The number of nitrogens with one attached hydrogen (secondary N) is 1. The molecule has 0 radical (unpaired) electrons. The Kier molecular flexibility index (Phi) is 4.27. The number of hydrogen-bond acceptors (Lipinski definition) is 2. The molecule has 1 unspecified atom stereocenters. The quantitative estimate of drug-likeness (QED) is 0.901. The van der Waals surface area contributed by atoms with Crippen LogP contribution in [0.1, 0.15) is 31.1 Å². The van der Waals surface area contributed by atoms with E-state index in [9.17, 15) is 8.78 Å². The molecule has 0 fully saturated rings. The van der Waals surface area contributed by atoms with E-state index in [0.717, 1.165) is 24.8 Å². The number of rotatable bonds is 5. The minimum atomic E-state index is -0.831. The van der Waals surface area contributed by atoms with E-state index in [0.29, 0.717) is 5.56 Å². The first kappa shape index (κ1) is 13.7. The third-order valence-corrected chi connectivity index (χ3v) is 3.03. The van der Waals surface area contributed by atoms with E-state index in [1.54, 1.807) is 12.3 Å². The van der Waals surface area contributed by atoms with Crippen molar-refractivity contribution >= 4 is 0 Å². The second-order valence-electron chi connectivity index (χ2n) is 4.24. The fraction of sp³-hybridized carbons (Fsp3) is 0.357. The molecule has 3 nitrogen and oxygen atoms in total. The van der Waals surface area contributed by atoms with Crippen LogP contribution in [0.2, 0.25) is 0 Å². The molecule has 0 aliphatic carbocycles. The number of benzene rings is 1. The summed E-state index contributed by atoms with van der Waals surface area (Å²) in [7, 11) is 0. The standard InChI is InChI=1S/C14H17F2N3/c1-3-17-14(13-7-8-18-19(13)4-2)10-5-6-11(15)12(16)9-10/h5-9,14,17H,3-4H2,1-2H3. The average Bonchev–Trinajstić information content (AvgIpc) is 2.87. The molecule has 1 aromatic heterocycles. The highest BCUT2D eigenvalue weighted by Crippen LogP contribution is 2.23. The Morgan fingerprint density at radius 3 is 2.63 bits per heavy atom. The van der Waals surface area contributed by atoms with Crippen LogP contribution in [0.5, 0.6) is 0 Å². The van der Waals surface area contributed by atoms with Gasteiger partial charge in [0, 0.05) is 12.7 Å². The van der Waals surface area contributed by atoms with E-state index in [1.165, 1.54) is 6.07 Å². The number of nitrogens with zero attached hydrogens (tertiary/aromatic N) is 2. The van der Waals surface area contributed by atoms with Crippen molar-refractivity contribution in [3.05, 3.63) is 53.4 Å². The zero-order valence-electron chi connectivity index (χ0n) is 11.0. The summed E-state index contributed by atoms with van der Waals surface area (Å²) >= 11 is 0. The summed E-state index contributed by atoms with van der Waals surface area (Å²) < 4.78 is 28.2. The third-order valence-electron chi connectivity index (χ3n) is 3.03. The lowest BCUT2D eigenvalue weighted by atomic mass is 10.0. The number of aryl methyl sites for hydroxylation is 1. The van der Waals surface area contributed by atoms with Crippen molar-refractivity contribution in [2.24, 2.45) is 0 Å². The fourth-order valence-electron chi connectivity index (χ4n) is 2.14. The van der Waals surface area contributed by atoms with Crippen molar-refractivity contribution in [1.29, 1.82) is 0 Å². The van der Waals surface area contributed by atoms with E-state index in [-0.39, 0.29) is 6.04 Å². The van der Waals surface area contributed by atoms with Crippen LogP contribution in [0.3, 0.4) is 0 Å². The van der Waals surface area contributed by atoms with Gasteiger partial charge in [-0.05, 0) is 37.2 Å². The Hall–Kier alpha value is -1.75. The first-order valence-corrected chi connectivity index (χ1v) is 6.37. The van der Waals surface area contributed by atoms with Gasteiger partial charge in [-0.2, -0.15) is 5.10 Å². The molecule has 1 N–H and O–H groups in total. The van der Waals surface area contributed by atoms with Crippen molar-refractivity contribution < 1.29 is 8.78 Å². The first-order valence-electron chi connectivity index (χ1n) is 6.37. The molecular formula is C14H17F2N3. The molecule has 0 bridgehead atoms. The largest absolute Gasteiger partial charge is 0.305 e. The molecule has 2 aromatic rings. The Morgan fingerprint density at radius 2 is 2.00 bits per heavy atom. The van der Waals surface area contributed by atoms with Crippen LogP contribution in [0.15, 0.2) is 30.5 Å². The molecule has 1 heterocycles. The van der Waals surface area contributed by atoms with Gasteiger partial charge >= 0.3 is 0 Å². The van der Waals surface area contributed by atoms with Crippen molar-refractivity contribution in [3.8, 4) is 0 Å². The van der Waals surface area contributed by atoms with Gasteiger partial charge < -0.3 is 5.32 Å². The third kappa shape index (κ3) is 2.81. The van der Waals surface area contributed by atoms with Crippen LogP contribution >= 0.6 is 0 Å². The lowest BCUT2D eigenvalue weighted by molar-refractivity contribution is 0.499. The number of hydrogen-bond donors (Lipinski definition) is 1. The molecular weight excluding hydrogens is 248 g/mol. The maximum absolute atomic E-state index is 13.4. The van der Waals surface area contributed by atoms with E-state index >= 15 is 0 Å². The topological polar surface area (TPSA) is 29.9 Å². The minimum Gasteiger partial charge on any atom is -0.305 e. The van der Waals surface area contributed by atoms with Gasteiger partial charge in [0.25, 0.3) is 0 Å². The number of halogens is 2. The van der Waals surface area contributed by atoms with Crippen molar-refractivity contribution in [2.75, 3.05) is 6.54 Å². The molecule has 19 heavy (non-hydrogen) atoms. The zero-order chi connectivity index (χ0) is 13.8. The van der Waals surface area contributed by atoms with Crippen LogP contribution in [-0.2, 0) is 6.54 Å². The van der Waals surface area contributed by atoms with Crippen molar-refractivity contribution in [1.82, 2.24) is 15.1 Å². The molecule has 0 spiro atoms. The van der Waals surface area contributed by atoms with Gasteiger partial charge in [0.05, 0.1) is 11.7 Å². The van der Waals surface area contributed by atoms with Crippen LogP contribution < -0.4 is 5.32 Å². The molecule has 1 atom stereocenters. The Labute approximate surface area is 111 Å². The Balaban J connectivity index is 2.42. The van der Waals surface area contributed by atoms with E-state index < -0.39 is 11.6 Å². The second-order valence-corrected chi connectivity index (χ2v) is 4.24. The van der Waals surface area contributed by atoms with E-state index in [2.05, 4.69) is 10.4 Å². The van der Waals surface area contributed by atoms with Gasteiger partial charge in [-0.1, -0.05) is 13.0 Å². The SMILES string of the molecule is CCNC(c1ccc(F)c(F)c1)c1ccnn1CC.